The smallest absolute Gasteiger partial charge is 0.261 e. The number of anilines is 3. The molecule has 4 N–H and O–H groups in total. The number of amides is 2. The highest BCUT2D eigenvalue weighted by molar-refractivity contribution is 7.80. The second-order valence-electron chi connectivity index (χ2n) is 8.84. The van der Waals surface area contributed by atoms with Crippen molar-refractivity contribution in [3.63, 3.8) is 0 Å². The first kappa shape index (κ1) is 31.3. The second kappa shape index (κ2) is 14.5. The molecule has 1 fully saturated rings. The standard InChI is InChI=1S/C28H27Cl2N5O5S2/c1-38-23-7-3-16(29)13-19(23)25(36)33-27(41)31-18-5-6-22(35-9-11-40-12-10-35)21(15-18)32-28(42)34-26(37)20-14-17(30)4-8-24(20)39-2/h3-8,13-15H,9-12H2,1-2H3,(H2,31,33,36,41)(H2,32,34,37,42). The Morgan fingerprint density at radius 2 is 1.31 bits per heavy atom. The Labute approximate surface area is 263 Å². The monoisotopic (exact) mass is 647 g/mol. The Hall–Kier alpha value is -3.68. The van der Waals surface area contributed by atoms with Crippen LogP contribution < -0.4 is 35.6 Å². The van der Waals surface area contributed by atoms with Crippen LogP contribution in [0.3, 0.4) is 0 Å². The molecule has 0 radical (unpaired) electrons. The van der Waals surface area contributed by atoms with Gasteiger partial charge in [-0.15, -0.1) is 0 Å². The van der Waals surface area contributed by atoms with Gasteiger partial charge in [0.1, 0.15) is 11.5 Å². The number of thiocarbonyl (C=S) groups is 2. The summed E-state index contributed by atoms with van der Waals surface area (Å²) in [6.45, 7) is 2.46. The number of halogens is 2. The molecule has 0 unspecified atom stereocenters. The van der Waals surface area contributed by atoms with E-state index in [0.717, 1.165) is 5.69 Å². The van der Waals surface area contributed by atoms with Gasteiger partial charge in [0.15, 0.2) is 10.2 Å². The summed E-state index contributed by atoms with van der Waals surface area (Å²) in [4.78, 5) is 28.0. The molecular weight excluding hydrogens is 621 g/mol. The maximum atomic E-state index is 13.0. The lowest BCUT2D eigenvalue weighted by Gasteiger charge is -2.31. The zero-order valence-electron chi connectivity index (χ0n) is 22.6. The van der Waals surface area contributed by atoms with Gasteiger partial charge in [-0.3, -0.25) is 20.2 Å². The number of benzene rings is 3. The Morgan fingerprint density at radius 1 is 0.786 bits per heavy atom. The second-order valence-corrected chi connectivity index (χ2v) is 10.5. The van der Waals surface area contributed by atoms with Crippen molar-refractivity contribution in [1.29, 1.82) is 0 Å². The molecule has 1 heterocycles. The fourth-order valence-corrected chi connectivity index (χ4v) is 4.92. The number of rotatable bonds is 7. The maximum absolute atomic E-state index is 13.0. The first-order chi connectivity index (χ1) is 20.2. The molecule has 0 bridgehead atoms. The quantitative estimate of drug-likeness (QED) is 0.258. The minimum absolute atomic E-state index is 0.0519. The van der Waals surface area contributed by atoms with Crippen molar-refractivity contribution < 1.29 is 23.8 Å². The van der Waals surface area contributed by atoms with Gasteiger partial charge >= 0.3 is 0 Å². The van der Waals surface area contributed by atoms with Gasteiger partial charge in [-0.25, -0.2) is 0 Å². The summed E-state index contributed by atoms with van der Waals surface area (Å²) in [6.07, 6.45) is 0. The maximum Gasteiger partial charge on any atom is 0.261 e. The molecule has 14 heteroatoms. The minimum atomic E-state index is -0.491. The lowest BCUT2D eigenvalue weighted by atomic mass is 10.2. The molecule has 3 aromatic carbocycles. The average Bonchev–Trinajstić information content (AvgIpc) is 2.97. The van der Waals surface area contributed by atoms with Gasteiger partial charge in [0, 0.05) is 28.8 Å². The number of carbonyl (C=O) groups is 2. The Bertz CT molecular complexity index is 1520. The van der Waals surface area contributed by atoms with Crippen LogP contribution in [0.25, 0.3) is 0 Å². The lowest BCUT2D eigenvalue weighted by molar-refractivity contribution is 0.0966. The van der Waals surface area contributed by atoms with E-state index < -0.39 is 11.8 Å². The molecule has 2 amide bonds. The third-order valence-electron chi connectivity index (χ3n) is 6.12. The zero-order valence-corrected chi connectivity index (χ0v) is 25.7. The SMILES string of the molecule is COc1ccc(Cl)cc1C(=O)NC(=S)Nc1ccc(N2CCOCC2)c(NC(=S)NC(=O)c2cc(Cl)ccc2OC)c1. The number of nitrogens with zero attached hydrogens (tertiary/aromatic N) is 1. The summed E-state index contributed by atoms with van der Waals surface area (Å²) in [5, 5.41) is 12.3. The van der Waals surface area contributed by atoms with Crippen molar-refractivity contribution in [2.75, 3.05) is 56.1 Å². The molecule has 10 nitrogen and oxygen atoms in total. The van der Waals surface area contributed by atoms with E-state index in [1.807, 2.05) is 12.1 Å². The summed E-state index contributed by atoms with van der Waals surface area (Å²) < 4.78 is 16.0. The highest BCUT2D eigenvalue weighted by Crippen LogP contribution is 2.30. The Morgan fingerprint density at radius 3 is 1.83 bits per heavy atom. The van der Waals surface area contributed by atoms with E-state index in [2.05, 4.69) is 26.2 Å². The highest BCUT2D eigenvalue weighted by Gasteiger charge is 2.19. The predicted molar refractivity (Wildman–Crippen MR) is 173 cm³/mol. The largest absolute Gasteiger partial charge is 0.496 e. The zero-order chi connectivity index (χ0) is 30.2. The molecule has 220 valence electrons. The van der Waals surface area contributed by atoms with E-state index >= 15 is 0 Å². The van der Waals surface area contributed by atoms with Gasteiger partial charge in [-0.2, -0.15) is 0 Å². The van der Waals surface area contributed by atoms with Crippen LogP contribution >= 0.6 is 47.6 Å². The van der Waals surface area contributed by atoms with Gasteiger partial charge in [0.2, 0.25) is 0 Å². The normalized spacial score (nSPS) is 12.6. The van der Waals surface area contributed by atoms with Crippen LogP contribution in [-0.4, -0.2) is 62.6 Å². The van der Waals surface area contributed by atoms with E-state index in [-0.39, 0.29) is 21.4 Å². The molecule has 1 aliphatic rings. The topological polar surface area (TPSA) is 113 Å². The molecule has 1 aliphatic heterocycles. The van der Waals surface area contributed by atoms with Crippen molar-refractivity contribution in [2.24, 2.45) is 0 Å². The molecule has 3 aromatic rings. The summed E-state index contributed by atoms with van der Waals surface area (Å²) in [5.74, 6) is -0.275. The average molecular weight is 649 g/mol. The van der Waals surface area contributed by atoms with Crippen molar-refractivity contribution in [2.45, 2.75) is 0 Å². The summed E-state index contributed by atoms with van der Waals surface area (Å²) in [6, 6.07) is 14.9. The number of hydrogen-bond acceptors (Lipinski definition) is 8. The van der Waals surface area contributed by atoms with Crippen molar-refractivity contribution in [3.05, 3.63) is 75.8 Å². The van der Waals surface area contributed by atoms with Crippen molar-refractivity contribution in [1.82, 2.24) is 10.6 Å². The van der Waals surface area contributed by atoms with E-state index in [4.69, 9.17) is 61.8 Å². The molecule has 0 aliphatic carbocycles. The molecule has 0 aromatic heterocycles. The number of morpholine rings is 1. The van der Waals surface area contributed by atoms with Crippen LogP contribution in [0.15, 0.2) is 54.6 Å². The lowest BCUT2D eigenvalue weighted by Crippen LogP contribution is -2.38. The van der Waals surface area contributed by atoms with Crippen LogP contribution in [0.4, 0.5) is 17.1 Å². The van der Waals surface area contributed by atoms with E-state index in [0.29, 0.717) is 59.2 Å². The summed E-state index contributed by atoms with van der Waals surface area (Å²) >= 11 is 23.0. The number of carbonyl (C=O) groups excluding carboxylic acids is 2. The molecule has 1 saturated heterocycles. The third-order valence-corrected chi connectivity index (χ3v) is 7.00. The van der Waals surface area contributed by atoms with Crippen LogP contribution in [0.1, 0.15) is 20.7 Å². The highest BCUT2D eigenvalue weighted by atomic mass is 35.5. The number of methoxy groups -OCH3 is 2. The van der Waals surface area contributed by atoms with Gasteiger partial charge in [-0.05, 0) is 79.0 Å². The molecular formula is C28H27Cl2N5O5S2. The third kappa shape index (κ3) is 7.99. The Balaban J connectivity index is 1.51. The van der Waals surface area contributed by atoms with Crippen LogP contribution in [0.5, 0.6) is 11.5 Å². The van der Waals surface area contributed by atoms with Gasteiger partial charge in [-0.1, -0.05) is 23.2 Å². The molecule has 42 heavy (non-hydrogen) atoms. The molecule has 0 saturated carbocycles. The fraction of sp³-hybridized carbons (Fsp3) is 0.214. The first-order valence-corrected chi connectivity index (χ1v) is 14.1. The van der Waals surface area contributed by atoms with Gasteiger partial charge < -0.3 is 29.7 Å². The first-order valence-electron chi connectivity index (χ1n) is 12.6. The van der Waals surface area contributed by atoms with Crippen molar-refractivity contribution in [3.8, 4) is 11.5 Å². The van der Waals surface area contributed by atoms with Gasteiger partial charge in [0.25, 0.3) is 11.8 Å². The van der Waals surface area contributed by atoms with E-state index in [9.17, 15) is 9.59 Å². The van der Waals surface area contributed by atoms with Crippen molar-refractivity contribution >= 4 is 86.7 Å². The molecule has 0 atom stereocenters. The predicted octanol–water partition coefficient (Wildman–Crippen LogP) is 5.10. The number of nitrogens with one attached hydrogen (secondary N) is 4. The fourth-order valence-electron chi connectivity index (χ4n) is 4.17. The summed E-state index contributed by atoms with van der Waals surface area (Å²) in [7, 11) is 2.92. The Kier molecular flexibility index (Phi) is 10.8. The summed E-state index contributed by atoms with van der Waals surface area (Å²) in [5.41, 5.74) is 2.45. The van der Waals surface area contributed by atoms with Crippen LogP contribution in [-0.2, 0) is 4.74 Å². The van der Waals surface area contributed by atoms with Crippen LogP contribution in [0, 0.1) is 0 Å². The number of ether oxygens (including phenoxy) is 3. The van der Waals surface area contributed by atoms with E-state index in [1.165, 1.54) is 26.4 Å². The molecule has 4 rings (SSSR count). The minimum Gasteiger partial charge on any atom is -0.496 e. The number of hydrogen-bond donors (Lipinski definition) is 4. The van der Waals surface area contributed by atoms with Gasteiger partial charge in [0.05, 0.1) is 49.9 Å². The van der Waals surface area contributed by atoms with Crippen LogP contribution in [0.2, 0.25) is 10.0 Å². The molecule has 0 spiro atoms. The van der Waals surface area contributed by atoms with E-state index in [1.54, 1.807) is 30.3 Å².